The first-order valence-corrected chi connectivity index (χ1v) is 23.2. The van der Waals surface area contributed by atoms with Crippen LogP contribution in [0.1, 0.15) is 72.8 Å². The van der Waals surface area contributed by atoms with Crippen LogP contribution in [0.25, 0.3) is 22.2 Å². The van der Waals surface area contributed by atoms with Gasteiger partial charge in [0.1, 0.15) is 46.6 Å². The van der Waals surface area contributed by atoms with Gasteiger partial charge in [-0.25, -0.2) is 18.2 Å². The molecule has 0 unspecified atom stereocenters. The summed E-state index contributed by atoms with van der Waals surface area (Å²) in [6.07, 6.45) is 0.905. The average Bonchev–Trinajstić information content (AvgIpc) is 4.16. The van der Waals surface area contributed by atoms with Crippen LogP contribution in [0.15, 0.2) is 91.5 Å². The fourth-order valence-electron chi connectivity index (χ4n) is 8.41. The Morgan fingerprint density at radius 3 is 2.17 bits per heavy atom. The number of hydrogen-bond acceptors (Lipinski definition) is 11. The fourth-order valence-corrected chi connectivity index (χ4v) is 10.0. The summed E-state index contributed by atoms with van der Waals surface area (Å²) in [4.78, 5) is 63.3. The Hall–Kier alpha value is -6.16. The van der Waals surface area contributed by atoms with Gasteiger partial charge < -0.3 is 34.5 Å². The number of ether oxygens (including phenoxy) is 4. The number of methoxy groups -OCH3 is 2. The lowest BCUT2D eigenvalue weighted by Crippen LogP contribution is -2.60. The van der Waals surface area contributed by atoms with Crippen LogP contribution >= 0.6 is 0 Å². The Balaban J connectivity index is 1.19. The molecule has 5 atom stereocenters. The Morgan fingerprint density at radius 1 is 0.923 bits per heavy atom. The van der Waals surface area contributed by atoms with E-state index in [0.717, 1.165) is 11.1 Å². The van der Waals surface area contributed by atoms with E-state index in [1.165, 1.54) is 11.0 Å². The molecule has 1 aliphatic heterocycles. The monoisotopic (exact) mass is 909 g/mol. The highest BCUT2D eigenvalue weighted by Crippen LogP contribution is 2.49. The minimum atomic E-state index is -4.22. The van der Waals surface area contributed by atoms with Crippen LogP contribution in [-0.4, -0.2) is 97.0 Å². The van der Waals surface area contributed by atoms with Gasteiger partial charge in [-0.05, 0) is 81.7 Å². The predicted molar refractivity (Wildman–Crippen MR) is 246 cm³/mol. The Labute approximate surface area is 380 Å². The minimum Gasteiger partial charge on any atom is -0.497 e. The van der Waals surface area contributed by atoms with Gasteiger partial charge in [0.15, 0.2) is 0 Å². The summed E-state index contributed by atoms with van der Waals surface area (Å²) < 4.78 is 52.1. The number of nitrogens with one attached hydrogen (secondary N) is 3. The molecule has 65 heavy (non-hydrogen) atoms. The highest BCUT2D eigenvalue weighted by Gasteiger charge is 2.63. The molecule has 3 aliphatic rings. The van der Waals surface area contributed by atoms with Gasteiger partial charge in [0.2, 0.25) is 21.8 Å². The normalized spacial score (nSPS) is 21.7. The average molecular weight is 910 g/mol. The number of pyridine rings is 1. The van der Waals surface area contributed by atoms with Crippen LogP contribution in [0.4, 0.5) is 4.79 Å². The first-order chi connectivity index (χ1) is 30.6. The van der Waals surface area contributed by atoms with E-state index < -0.39 is 79.2 Å². The predicted octanol–water partition coefficient (Wildman–Crippen LogP) is 6.49. The number of carbonyl (C=O) groups is 4. The summed E-state index contributed by atoms with van der Waals surface area (Å²) in [5, 5.41) is 6.28. The first kappa shape index (κ1) is 46.8. The number of amides is 4. The van der Waals surface area contributed by atoms with Crippen molar-refractivity contribution in [1.82, 2.24) is 25.2 Å². The molecule has 0 radical (unpaired) electrons. The van der Waals surface area contributed by atoms with Gasteiger partial charge in [0, 0.05) is 35.4 Å². The molecular weight excluding hydrogens is 851 g/mol. The van der Waals surface area contributed by atoms with E-state index in [9.17, 15) is 27.6 Å². The third kappa shape index (κ3) is 10.1. The van der Waals surface area contributed by atoms with Crippen LogP contribution in [0.3, 0.4) is 0 Å². The number of alkyl carbamates (subject to hydrolysis) is 1. The number of likely N-dealkylation sites (tertiary alicyclic amines) is 1. The van der Waals surface area contributed by atoms with Gasteiger partial charge in [-0.15, -0.1) is 6.58 Å². The van der Waals surface area contributed by atoms with Crippen molar-refractivity contribution in [3.05, 3.63) is 97.1 Å². The second-order valence-electron chi connectivity index (χ2n) is 19.3. The molecule has 2 aliphatic carbocycles. The fraction of sp³-hybridized carbons (Fsp3) is 0.449. The lowest BCUT2D eigenvalue weighted by molar-refractivity contribution is -0.143. The SMILES string of the molecule is C=C[C@@H]1C[C@]1(NC(=O)[C@@H]1C[C@@H](Oc2cc(-c3ccccc3)nc3cc(OC)ccc23)CN1C(=O)[C@@H](NC(=O)OC(C)(C)C)C(C)(C)C)C(=O)NS(=O)(=O)C1(Cc2ccc(OC)cc2)CC1. The minimum absolute atomic E-state index is 0.0127. The van der Waals surface area contributed by atoms with Crippen LogP contribution in [0.2, 0.25) is 0 Å². The van der Waals surface area contributed by atoms with E-state index in [0.29, 0.717) is 46.7 Å². The van der Waals surface area contributed by atoms with Crippen LogP contribution < -0.4 is 29.6 Å². The zero-order valence-electron chi connectivity index (χ0n) is 38.2. The van der Waals surface area contributed by atoms with Crippen molar-refractivity contribution in [2.75, 3.05) is 20.8 Å². The number of nitrogens with zero attached hydrogens (tertiary/aromatic N) is 2. The smallest absolute Gasteiger partial charge is 0.408 e. The van der Waals surface area contributed by atoms with Crippen LogP contribution in [0.5, 0.6) is 17.2 Å². The third-order valence-electron chi connectivity index (χ3n) is 12.3. The lowest BCUT2D eigenvalue weighted by Gasteiger charge is -2.36. The van der Waals surface area contributed by atoms with E-state index >= 15 is 0 Å². The number of hydrogen-bond donors (Lipinski definition) is 3. The highest BCUT2D eigenvalue weighted by atomic mass is 32.2. The second kappa shape index (κ2) is 17.7. The summed E-state index contributed by atoms with van der Waals surface area (Å²) in [6, 6.07) is 21.5. The molecule has 3 fully saturated rings. The van der Waals surface area contributed by atoms with Crippen molar-refractivity contribution in [2.24, 2.45) is 11.3 Å². The molecule has 0 spiro atoms. The molecule has 0 bridgehead atoms. The molecule has 7 rings (SSSR count). The van der Waals surface area contributed by atoms with E-state index in [-0.39, 0.29) is 25.8 Å². The summed E-state index contributed by atoms with van der Waals surface area (Å²) in [6.45, 7) is 14.3. The highest BCUT2D eigenvalue weighted by molar-refractivity contribution is 7.91. The number of carbonyl (C=O) groups excluding carboxylic acids is 4. The lowest BCUT2D eigenvalue weighted by atomic mass is 9.85. The Bertz CT molecular complexity index is 2590. The van der Waals surface area contributed by atoms with Gasteiger partial charge in [0.05, 0.1) is 36.7 Å². The summed E-state index contributed by atoms with van der Waals surface area (Å²) >= 11 is 0. The zero-order valence-corrected chi connectivity index (χ0v) is 39.0. The molecule has 346 valence electrons. The van der Waals surface area contributed by atoms with Gasteiger partial charge in [-0.3, -0.25) is 19.1 Å². The molecule has 2 saturated carbocycles. The van der Waals surface area contributed by atoms with Gasteiger partial charge in [-0.1, -0.05) is 69.3 Å². The van der Waals surface area contributed by atoms with Gasteiger partial charge in [0.25, 0.3) is 5.91 Å². The largest absolute Gasteiger partial charge is 0.497 e. The van der Waals surface area contributed by atoms with Crippen molar-refractivity contribution in [1.29, 1.82) is 0 Å². The van der Waals surface area contributed by atoms with Crippen molar-refractivity contribution < 1.29 is 46.5 Å². The summed E-state index contributed by atoms with van der Waals surface area (Å²) in [7, 11) is -1.11. The molecule has 2 heterocycles. The number of rotatable bonds is 15. The summed E-state index contributed by atoms with van der Waals surface area (Å²) in [5.41, 5.74) is -0.539. The zero-order chi connectivity index (χ0) is 47.1. The number of benzene rings is 3. The van der Waals surface area contributed by atoms with Crippen LogP contribution in [-0.2, 0) is 35.6 Å². The van der Waals surface area contributed by atoms with E-state index in [2.05, 4.69) is 21.9 Å². The van der Waals surface area contributed by atoms with Crippen molar-refractivity contribution in [3.63, 3.8) is 0 Å². The molecule has 1 saturated heterocycles. The maximum Gasteiger partial charge on any atom is 0.408 e. The molecule has 3 aromatic carbocycles. The van der Waals surface area contributed by atoms with Gasteiger partial charge in [-0.2, -0.15) is 0 Å². The van der Waals surface area contributed by atoms with E-state index in [1.807, 2.05) is 42.5 Å². The van der Waals surface area contributed by atoms with Crippen molar-refractivity contribution in [3.8, 4) is 28.5 Å². The molecule has 1 aromatic heterocycles. The molecule has 4 amide bonds. The van der Waals surface area contributed by atoms with E-state index in [4.69, 9.17) is 23.9 Å². The molecule has 16 heteroatoms. The van der Waals surface area contributed by atoms with E-state index in [1.54, 1.807) is 92.2 Å². The Kier molecular flexibility index (Phi) is 12.7. The topological polar surface area (TPSA) is 192 Å². The first-order valence-electron chi connectivity index (χ1n) is 21.8. The van der Waals surface area contributed by atoms with Gasteiger partial charge >= 0.3 is 6.09 Å². The number of fused-ring (bicyclic) bond motifs is 1. The van der Waals surface area contributed by atoms with Crippen molar-refractivity contribution in [2.45, 2.75) is 108 Å². The quantitative estimate of drug-likeness (QED) is 0.111. The number of aromatic nitrogens is 1. The standard InChI is InChI=1S/C49H59N5O10S/c1-10-32-28-49(32,44(57)53-65(59,60)48(22-23-48)27-30-16-18-33(61-8)19-17-30)52-42(55)39-25-35(29-54(39)43(56)41(46(2,3)4)51-45(58)64-47(5,6)7)63-40-26-37(31-14-12-11-13-15-31)50-38-24-34(62-9)20-21-36(38)40/h10-21,24,26,32,35,39,41H,1,22-23,25,27-29H2,2-9H3,(H,51,58)(H,52,55)(H,53,57)/t32-,35-,39+,41-,49-/m1/s1. The van der Waals surface area contributed by atoms with Crippen molar-refractivity contribution >= 4 is 44.7 Å². The van der Waals surface area contributed by atoms with Crippen LogP contribution in [0, 0.1) is 11.3 Å². The third-order valence-corrected chi connectivity index (χ3v) is 14.5. The Morgan fingerprint density at radius 2 is 1.58 bits per heavy atom. The summed E-state index contributed by atoms with van der Waals surface area (Å²) in [5.74, 6) is -1.07. The molecule has 15 nitrogen and oxygen atoms in total. The molecular formula is C49H59N5O10S. The number of sulfonamides is 1. The molecule has 3 N–H and O–H groups in total. The maximum atomic E-state index is 14.9. The maximum absolute atomic E-state index is 14.9. The molecule has 4 aromatic rings. The second-order valence-corrected chi connectivity index (χ2v) is 21.4.